The third-order valence-electron chi connectivity index (χ3n) is 5.70. The quantitative estimate of drug-likeness (QED) is 0.608. The molecule has 6 nitrogen and oxygen atoms in total. The molecule has 8 heteroatoms. The molecule has 1 unspecified atom stereocenters. The van der Waals surface area contributed by atoms with Gasteiger partial charge in [0.25, 0.3) is 0 Å². The molecule has 0 amide bonds. The minimum atomic E-state index is -1.03. The van der Waals surface area contributed by atoms with Gasteiger partial charge in [0.2, 0.25) is 0 Å². The van der Waals surface area contributed by atoms with Crippen LogP contribution in [0.5, 0.6) is 0 Å². The molecule has 1 atom stereocenters. The number of rotatable bonds is 4. The molecule has 0 saturated carbocycles. The van der Waals surface area contributed by atoms with Gasteiger partial charge in [0.1, 0.15) is 5.82 Å². The number of allylic oxidation sites excluding steroid dienone is 2. The maximum absolute atomic E-state index is 14.6. The largest absolute Gasteiger partial charge is 0.466 e. The van der Waals surface area contributed by atoms with Crippen molar-refractivity contribution in [2.24, 2.45) is 0 Å². The highest BCUT2D eigenvalue weighted by molar-refractivity contribution is 6.31. The summed E-state index contributed by atoms with van der Waals surface area (Å²) < 4.78 is 24.5. The lowest BCUT2D eigenvalue weighted by atomic mass is 9.80. The van der Waals surface area contributed by atoms with Gasteiger partial charge in [-0.3, -0.25) is 0 Å². The fourth-order valence-electron chi connectivity index (χ4n) is 4.16. The third-order valence-corrected chi connectivity index (χ3v) is 6.03. The molecule has 2 aliphatic rings. The molecule has 2 aliphatic heterocycles. The fourth-order valence-corrected chi connectivity index (χ4v) is 4.44. The monoisotopic (exact) mass is 486 g/mol. The zero-order valence-electron chi connectivity index (χ0n) is 19.6. The lowest BCUT2D eigenvalue weighted by Gasteiger charge is -2.30. The normalized spacial score (nSPS) is 16.8. The Morgan fingerprint density at radius 3 is 2.12 bits per heavy atom. The highest BCUT2D eigenvalue weighted by Crippen LogP contribution is 2.42. The summed E-state index contributed by atoms with van der Waals surface area (Å²) in [6.07, 6.45) is 0. The van der Waals surface area contributed by atoms with Crippen LogP contribution in [-0.2, 0) is 32.2 Å². The molecule has 0 aromatic heterocycles. The summed E-state index contributed by atoms with van der Waals surface area (Å²) >= 11 is 6.21. The van der Waals surface area contributed by atoms with Gasteiger partial charge in [-0.15, -0.1) is 0 Å². The maximum atomic E-state index is 14.6. The average molecular weight is 487 g/mol. The predicted molar refractivity (Wildman–Crippen MR) is 128 cm³/mol. The van der Waals surface area contributed by atoms with Crippen molar-refractivity contribution in [2.45, 2.75) is 39.8 Å². The van der Waals surface area contributed by atoms with E-state index in [1.807, 2.05) is 0 Å². The van der Waals surface area contributed by atoms with Crippen LogP contribution in [0.3, 0.4) is 0 Å². The van der Waals surface area contributed by atoms with Crippen LogP contribution in [0.4, 0.5) is 4.39 Å². The highest BCUT2D eigenvalue weighted by Gasteiger charge is 2.40. The van der Waals surface area contributed by atoms with Crippen LogP contribution >= 0.6 is 11.6 Å². The number of benzene rings is 2. The van der Waals surface area contributed by atoms with E-state index in [0.717, 1.165) is 13.1 Å². The topological polar surface area (TPSA) is 76.7 Å². The number of methoxy groups -OCH3 is 1. The first-order valence-corrected chi connectivity index (χ1v) is 11.3. The molecule has 0 aliphatic carbocycles. The van der Waals surface area contributed by atoms with Gasteiger partial charge in [-0.2, -0.15) is 0 Å². The van der Waals surface area contributed by atoms with Crippen LogP contribution in [-0.4, -0.2) is 25.7 Å². The third kappa shape index (κ3) is 5.32. The average Bonchev–Trinajstić information content (AvgIpc) is 3.28. The lowest BCUT2D eigenvalue weighted by Crippen LogP contribution is -2.32. The molecule has 2 aromatic rings. The van der Waals surface area contributed by atoms with Gasteiger partial charge < -0.3 is 20.1 Å². The first kappa shape index (κ1) is 25.5. The van der Waals surface area contributed by atoms with Gasteiger partial charge in [0.15, 0.2) is 0 Å². The van der Waals surface area contributed by atoms with E-state index >= 15 is 0 Å². The van der Waals surface area contributed by atoms with Crippen molar-refractivity contribution in [3.8, 4) is 0 Å². The fraction of sp³-hybridized carbons (Fsp3) is 0.308. The van der Waals surface area contributed by atoms with Crippen LogP contribution in [0, 0.1) is 5.82 Å². The second kappa shape index (κ2) is 11.3. The van der Waals surface area contributed by atoms with Crippen molar-refractivity contribution < 1.29 is 23.5 Å². The van der Waals surface area contributed by atoms with Crippen molar-refractivity contribution in [3.63, 3.8) is 0 Å². The molecule has 2 heterocycles. The number of ether oxygens (including phenoxy) is 2. The Labute approximate surface area is 203 Å². The van der Waals surface area contributed by atoms with Gasteiger partial charge in [0, 0.05) is 35.1 Å². The molecular weight excluding hydrogens is 459 g/mol. The molecule has 180 valence electrons. The summed E-state index contributed by atoms with van der Waals surface area (Å²) in [5, 5.41) is 6.36. The SMILES string of the molecule is CCOC(=O)C1=C(C)NC(C)=C(C(=O)OC)C1c1c(F)cccc1Cl.c1ccc2c(c1)CNC2. The first-order chi connectivity index (χ1) is 16.3. The van der Waals surface area contributed by atoms with E-state index in [2.05, 4.69) is 34.9 Å². The Hall–Kier alpha value is -3.16. The van der Waals surface area contributed by atoms with E-state index in [1.54, 1.807) is 20.8 Å². The Morgan fingerprint density at radius 2 is 1.59 bits per heavy atom. The second-order valence-electron chi connectivity index (χ2n) is 7.86. The number of hydrogen-bond acceptors (Lipinski definition) is 6. The van der Waals surface area contributed by atoms with Crippen LogP contribution in [0.1, 0.15) is 43.4 Å². The van der Waals surface area contributed by atoms with Crippen LogP contribution in [0.15, 0.2) is 65.0 Å². The summed E-state index contributed by atoms with van der Waals surface area (Å²) in [7, 11) is 1.22. The molecule has 0 spiro atoms. The van der Waals surface area contributed by atoms with E-state index in [4.69, 9.17) is 21.1 Å². The Balaban J connectivity index is 0.000000296. The number of dihydropyridines is 1. The molecule has 2 aromatic carbocycles. The summed E-state index contributed by atoms with van der Waals surface area (Å²) in [4.78, 5) is 24.9. The van der Waals surface area contributed by atoms with Gasteiger partial charge in [-0.1, -0.05) is 41.9 Å². The summed E-state index contributed by atoms with van der Waals surface area (Å²) in [6.45, 7) is 7.22. The minimum Gasteiger partial charge on any atom is -0.466 e. The van der Waals surface area contributed by atoms with E-state index in [1.165, 1.54) is 36.4 Å². The highest BCUT2D eigenvalue weighted by atomic mass is 35.5. The molecule has 0 saturated heterocycles. The molecule has 34 heavy (non-hydrogen) atoms. The predicted octanol–water partition coefficient (Wildman–Crippen LogP) is 4.74. The standard InChI is InChI=1S/C18H19ClFNO4.C8H9N/c1-5-25-18(23)14-10(3)21-9(2)13(17(22)24-4)16(14)15-11(19)7-6-8-12(15)20;1-2-4-8-6-9-5-7(8)3-1/h6-8,16,21H,5H2,1-4H3;1-4,9H,5-6H2. The number of hydrogen-bond donors (Lipinski definition) is 2. The number of nitrogens with one attached hydrogen (secondary N) is 2. The van der Waals surface area contributed by atoms with E-state index in [0.29, 0.717) is 11.4 Å². The van der Waals surface area contributed by atoms with Crippen molar-refractivity contribution >= 4 is 23.5 Å². The molecule has 0 fully saturated rings. The number of halogens is 2. The molecule has 0 bridgehead atoms. The molecule has 0 radical (unpaired) electrons. The summed E-state index contributed by atoms with van der Waals surface area (Å²) in [5.41, 5.74) is 4.11. The van der Waals surface area contributed by atoms with Gasteiger partial charge in [-0.05, 0) is 44.0 Å². The zero-order valence-corrected chi connectivity index (χ0v) is 20.4. The number of carbonyl (C=O) groups is 2. The minimum absolute atomic E-state index is 0.0350. The molecule has 2 N–H and O–H groups in total. The summed E-state index contributed by atoms with van der Waals surface area (Å²) in [6, 6.07) is 12.7. The lowest BCUT2D eigenvalue weighted by molar-refractivity contribution is -0.139. The first-order valence-electron chi connectivity index (χ1n) is 11.0. The van der Waals surface area contributed by atoms with Crippen molar-refractivity contribution in [1.82, 2.24) is 10.6 Å². The Morgan fingerprint density at radius 1 is 1.00 bits per heavy atom. The summed E-state index contributed by atoms with van der Waals surface area (Å²) in [5.74, 6) is -2.97. The molecular formula is C26H28ClFN2O4. The van der Waals surface area contributed by atoms with Crippen LogP contribution in [0.2, 0.25) is 5.02 Å². The zero-order chi connectivity index (χ0) is 24.8. The Kier molecular flexibility index (Phi) is 8.47. The maximum Gasteiger partial charge on any atom is 0.336 e. The number of carbonyl (C=O) groups excluding carboxylic acids is 2. The Bertz CT molecular complexity index is 1120. The van der Waals surface area contributed by atoms with E-state index < -0.39 is 23.7 Å². The van der Waals surface area contributed by atoms with Gasteiger partial charge in [0.05, 0.1) is 30.8 Å². The number of fused-ring (bicyclic) bond motifs is 1. The van der Waals surface area contributed by atoms with Gasteiger partial charge >= 0.3 is 11.9 Å². The van der Waals surface area contributed by atoms with Crippen LogP contribution in [0.25, 0.3) is 0 Å². The number of esters is 2. The van der Waals surface area contributed by atoms with Crippen molar-refractivity contribution in [1.29, 1.82) is 0 Å². The smallest absolute Gasteiger partial charge is 0.336 e. The van der Waals surface area contributed by atoms with Crippen molar-refractivity contribution in [3.05, 3.63) is 92.5 Å². The van der Waals surface area contributed by atoms with Crippen molar-refractivity contribution in [2.75, 3.05) is 13.7 Å². The second-order valence-corrected chi connectivity index (χ2v) is 8.26. The van der Waals surface area contributed by atoms with E-state index in [-0.39, 0.29) is 28.3 Å². The van der Waals surface area contributed by atoms with E-state index in [9.17, 15) is 14.0 Å². The van der Waals surface area contributed by atoms with Crippen LogP contribution < -0.4 is 10.6 Å². The van der Waals surface area contributed by atoms with Gasteiger partial charge in [-0.25, -0.2) is 14.0 Å². The molecule has 4 rings (SSSR count).